The van der Waals surface area contributed by atoms with E-state index in [1.807, 2.05) is 0 Å². The lowest BCUT2D eigenvalue weighted by molar-refractivity contribution is -0.276. The van der Waals surface area contributed by atoms with Crippen LogP contribution in [0.25, 0.3) is 11.3 Å². The third-order valence-electron chi connectivity index (χ3n) is 2.54. The number of hydrogen-bond donors (Lipinski definition) is 1. The lowest BCUT2D eigenvalue weighted by Crippen LogP contribution is -2.21. The molecule has 0 fully saturated rings. The zero-order valence-electron chi connectivity index (χ0n) is 11.9. The topological polar surface area (TPSA) is 114 Å². The Balaban J connectivity index is 2.58. The Kier molecular flexibility index (Phi) is 4.62. The Labute approximate surface area is 131 Å². The number of aldehydes is 1. The average molecular weight is 346 g/mol. The first-order valence-electron chi connectivity index (χ1n) is 6.11. The molecule has 0 spiro atoms. The highest BCUT2D eigenvalue weighted by Gasteiger charge is 2.34. The molecule has 2 heterocycles. The van der Waals surface area contributed by atoms with Gasteiger partial charge < -0.3 is 24.4 Å². The van der Waals surface area contributed by atoms with Gasteiger partial charge in [0.25, 0.3) is 5.88 Å². The molecule has 0 radical (unpaired) electrons. The first-order chi connectivity index (χ1) is 11.2. The van der Waals surface area contributed by atoms with Crippen molar-refractivity contribution in [3.63, 3.8) is 0 Å². The number of rotatable bonds is 5. The van der Waals surface area contributed by atoms with Crippen LogP contribution in [0.4, 0.5) is 18.0 Å². The van der Waals surface area contributed by atoms with E-state index < -0.39 is 24.1 Å². The normalized spacial score (nSPS) is 11.0. The van der Waals surface area contributed by atoms with Crippen molar-refractivity contribution in [3.8, 4) is 28.8 Å². The summed E-state index contributed by atoms with van der Waals surface area (Å²) in [5.41, 5.74) is 4.83. The molecular formula is C13H9F3N2O6. The minimum Gasteiger partial charge on any atom is -0.480 e. The van der Waals surface area contributed by atoms with Gasteiger partial charge >= 0.3 is 12.5 Å². The number of nitrogens with zero attached hydrogens (tertiary/aromatic N) is 1. The molecule has 0 aromatic carbocycles. The summed E-state index contributed by atoms with van der Waals surface area (Å²) < 4.78 is 55.5. The Hall–Kier alpha value is -3.24. The van der Waals surface area contributed by atoms with E-state index in [4.69, 9.17) is 14.9 Å². The van der Waals surface area contributed by atoms with E-state index in [2.05, 4.69) is 14.5 Å². The number of halogens is 3. The number of primary amides is 1. The molecule has 2 N–H and O–H groups in total. The Morgan fingerprint density at radius 2 is 2.04 bits per heavy atom. The summed E-state index contributed by atoms with van der Waals surface area (Å²) in [5, 5.41) is 0. The van der Waals surface area contributed by atoms with Crippen molar-refractivity contribution in [2.45, 2.75) is 6.36 Å². The molecule has 0 atom stereocenters. The number of ether oxygens (including phenoxy) is 3. The second-order valence-corrected chi connectivity index (χ2v) is 4.14. The molecule has 2 rings (SSSR count). The van der Waals surface area contributed by atoms with Gasteiger partial charge in [0.1, 0.15) is 5.76 Å². The highest BCUT2D eigenvalue weighted by molar-refractivity contribution is 5.75. The number of hydrogen-bond acceptors (Lipinski definition) is 7. The molecule has 2 aromatic heterocycles. The summed E-state index contributed by atoms with van der Waals surface area (Å²) in [6.45, 7) is 0. The van der Waals surface area contributed by atoms with E-state index in [1.165, 1.54) is 12.1 Å². The molecular weight excluding hydrogens is 337 g/mol. The maximum absolute atomic E-state index is 12.4. The first-order valence-corrected chi connectivity index (χ1v) is 6.11. The van der Waals surface area contributed by atoms with Crippen LogP contribution in [0, 0.1) is 0 Å². The number of alkyl halides is 3. The van der Waals surface area contributed by atoms with Crippen LogP contribution >= 0.6 is 0 Å². The molecule has 24 heavy (non-hydrogen) atoms. The number of nitrogens with two attached hydrogens (primary N) is 1. The van der Waals surface area contributed by atoms with Gasteiger partial charge in [0.05, 0.1) is 12.7 Å². The van der Waals surface area contributed by atoms with Crippen LogP contribution in [0.15, 0.2) is 22.6 Å². The van der Waals surface area contributed by atoms with Crippen molar-refractivity contribution in [3.05, 3.63) is 24.0 Å². The summed E-state index contributed by atoms with van der Waals surface area (Å²) in [4.78, 5) is 25.0. The SMILES string of the molecule is COc1nc(OC(F)(F)F)c(OC(N)=O)cc1-c1ccc(C=O)o1. The van der Waals surface area contributed by atoms with Crippen molar-refractivity contribution in [2.24, 2.45) is 5.73 Å². The summed E-state index contributed by atoms with van der Waals surface area (Å²) in [5.74, 6) is -2.11. The third kappa shape index (κ3) is 3.94. The number of pyridine rings is 1. The highest BCUT2D eigenvalue weighted by Crippen LogP contribution is 2.39. The molecule has 0 saturated carbocycles. The van der Waals surface area contributed by atoms with Gasteiger partial charge in [0, 0.05) is 6.07 Å². The zero-order chi connectivity index (χ0) is 17.9. The van der Waals surface area contributed by atoms with E-state index in [0.717, 1.165) is 13.2 Å². The number of furan rings is 1. The fraction of sp³-hybridized carbons (Fsp3) is 0.154. The Morgan fingerprint density at radius 1 is 1.33 bits per heavy atom. The molecule has 11 heteroatoms. The maximum atomic E-state index is 12.4. The Bertz CT molecular complexity index is 772. The van der Waals surface area contributed by atoms with E-state index in [1.54, 1.807) is 0 Å². The number of aromatic nitrogens is 1. The lowest BCUT2D eigenvalue weighted by Gasteiger charge is -2.14. The van der Waals surface area contributed by atoms with Crippen molar-refractivity contribution < 1.29 is 41.4 Å². The summed E-state index contributed by atoms with van der Waals surface area (Å²) in [6.07, 6.45) is -6.05. The highest BCUT2D eigenvalue weighted by atomic mass is 19.4. The first kappa shape index (κ1) is 17.1. The molecule has 1 amide bonds. The smallest absolute Gasteiger partial charge is 0.480 e. The van der Waals surface area contributed by atoms with Crippen LogP contribution in [0.3, 0.4) is 0 Å². The summed E-state index contributed by atoms with van der Waals surface area (Å²) in [7, 11) is 1.14. The number of carbonyl (C=O) groups is 2. The van der Waals surface area contributed by atoms with Crippen molar-refractivity contribution in [2.75, 3.05) is 7.11 Å². The molecule has 2 aromatic rings. The number of carbonyl (C=O) groups excluding carboxylic acids is 2. The van der Waals surface area contributed by atoms with Gasteiger partial charge in [-0.15, -0.1) is 13.2 Å². The molecule has 128 valence electrons. The van der Waals surface area contributed by atoms with Gasteiger partial charge in [-0.05, 0) is 12.1 Å². The largest absolute Gasteiger partial charge is 0.574 e. The van der Waals surface area contributed by atoms with Crippen LogP contribution in [-0.4, -0.2) is 30.8 Å². The van der Waals surface area contributed by atoms with E-state index in [0.29, 0.717) is 6.29 Å². The molecule has 0 aliphatic heterocycles. The molecule has 0 bridgehead atoms. The lowest BCUT2D eigenvalue weighted by atomic mass is 10.2. The van der Waals surface area contributed by atoms with Gasteiger partial charge in [-0.3, -0.25) is 4.79 Å². The van der Waals surface area contributed by atoms with E-state index >= 15 is 0 Å². The third-order valence-corrected chi connectivity index (χ3v) is 2.54. The van der Waals surface area contributed by atoms with Crippen molar-refractivity contribution in [1.82, 2.24) is 4.98 Å². The van der Waals surface area contributed by atoms with E-state index in [-0.39, 0.29) is 23.0 Å². The van der Waals surface area contributed by atoms with Crippen LogP contribution in [-0.2, 0) is 0 Å². The predicted molar refractivity (Wildman–Crippen MR) is 70.8 cm³/mol. The molecule has 0 aliphatic rings. The predicted octanol–water partition coefficient (Wildman–Crippen LogP) is 2.52. The van der Waals surface area contributed by atoms with Crippen LogP contribution in [0.1, 0.15) is 10.6 Å². The zero-order valence-corrected chi connectivity index (χ0v) is 11.9. The average Bonchev–Trinajstić information content (AvgIpc) is 2.95. The summed E-state index contributed by atoms with van der Waals surface area (Å²) >= 11 is 0. The van der Waals surface area contributed by atoms with Crippen LogP contribution in [0.5, 0.6) is 17.5 Å². The van der Waals surface area contributed by atoms with E-state index in [9.17, 15) is 22.8 Å². The van der Waals surface area contributed by atoms with Gasteiger partial charge in [-0.1, -0.05) is 0 Å². The minimum absolute atomic E-state index is 0.0105. The van der Waals surface area contributed by atoms with Gasteiger partial charge in [-0.25, -0.2) is 4.79 Å². The second-order valence-electron chi connectivity index (χ2n) is 4.14. The van der Waals surface area contributed by atoms with Crippen molar-refractivity contribution in [1.29, 1.82) is 0 Å². The molecule has 8 nitrogen and oxygen atoms in total. The molecule has 0 unspecified atom stereocenters. The summed E-state index contributed by atoms with van der Waals surface area (Å²) in [6, 6.07) is 3.61. The van der Waals surface area contributed by atoms with Crippen LogP contribution < -0.4 is 19.9 Å². The van der Waals surface area contributed by atoms with Gasteiger partial charge in [0.2, 0.25) is 5.88 Å². The molecule has 0 aliphatic carbocycles. The van der Waals surface area contributed by atoms with Crippen LogP contribution in [0.2, 0.25) is 0 Å². The van der Waals surface area contributed by atoms with Crippen molar-refractivity contribution >= 4 is 12.4 Å². The number of amides is 1. The Morgan fingerprint density at radius 3 is 2.54 bits per heavy atom. The second kappa shape index (κ2) is 6.48. The molecule has 0 saturated heterocycles. The minimum atomic E-state index is -5.09. The monoisotopic (exact) mass is 346 g/mol. The fourth-order valence-corrected chi connectivity index (χ4v) is 1.72. The standard InChI is InChI=1S/C13H9F3N2O6/c1-21-10-7(8-3-2-6(5-19)22-8)4-9(23-12(17)20)11(18-10)24-13(14,15)16/h2-5H,1H3,(H2,17,20). The number of methoxy groups -OCH3 is 1. The maximum Gasteiger partial charge on any atom is 0.574 e. The van der Waals surface area contributed by atoms with Gasteiger partial charge in [0.15, 0.2) is 17.8 Å². The fourth-order valence-electron chi connectivity index (χ4n) is 1.72. The quantitative estimate of drug-likeness (QED) is 0.827. The van der Waals surface area contributed by atoms with Gasteiger partial charge in [-0.2, -0.15) is 4.98 Å².